The standard InChI is InChI=1S/C31H38N5O11P.CH4/c37-28(38)17-35(26(30(41)42)13-20-15-32-24-7-3-1-5-22(20)24)11-9-34(19-48(45,46)47)10-12-36(18-29(39)40)27(31(43)44)14-21-16-33-25-8-4-2-6-23(21)25;/h1-8,15-16,26-27,32-33H,9-14,17-19H2,(H,37,38)(H,39,40)(H,41,42)(H,43,44)(H2,45,46,47);1H4/p-5/t26-,27-;/m0./s1. The molecule has 0 aliphatic carbocycles. The van der Waals surface area contributed by atoms with Crippen molar-refractivity contribution >= 4 is 53.3 Å². The number of benzene rings is 2. The summed E-state index contributed by atoms with van der Waals surface area (Å²) in [5.74, 6) is -6.42. The average Bonchev–Trinajstić information content (AvgIpc) is 3.61. The van der Waals surface area contributed by atoms with Crippen LogP contribution in [0.1, 0.15) is 18.6 Å². The van der Waals surface area contributed by atoms with Gasteiger partial charge in [0, 0.05) is 73.5 Å². The van der Waals surface area contributed by atoms with E-state index in [0.717, 1.165) is 25.7 Å². The van der Waals surface area contributed by atoms with Gasteiger partial charge in [-0.15, -0.1) is 0 Å². The predicted octanol–water partition coefficient (Wildman–Crippen LogP) is -3.78. The van der Waals surface area contributed by atoms with E-state index in [-0.39, 0.29) is 46.4 Å². The lowest BCUT2D eigenvalue weighted by Crippen LogP contribution is -2.56. The van der Waals surface area contributed by atoms with E-state index in [1.807, 2.05) is 0 Å². The Morgan fingerprint density at radius 3 is 1.43 bits per heavy atom. The van der Waals surface area contributed by atoms with Gasteiger partial charge in [-0.05, 0) is 36.1 Å². The van der Waals surface area contributed by atoms with Crippen LogP contribution in [0.4, 0.5) is 0 Å². The summed E-state index contributed by atoms with van der Waals surface area (Å²) in [4.78, 5) is 78.6. The number of aliphatic carboxylic acids is 4. The van der Waals surface area contributed by atoms with Crippen molar-refractivity contribution < 1.29 is 54.0 Å². The van der Waals surface area contributed by atoms with Crippen LogP contribution < -0.4 is 25.3 Å². The fourth-order valence-corrected chi connectivity index (χ4v) is 6.60. The minimum Gasteiger partial charge on any atom is -0.778 e. The van der Waals surface area contributed by atoms with E-state index >= 15 is 0 Å². The van der Waals surface area contributed by atoms with Gasteiger partial charge >= 0.3 is 0 Å². The number of hydrogen-bond acceptors (Lipinski definition) is 13. The number of carboxylic acids is 4. The average molecular weight is 699 g/mol. The zero-order valence-electron chi connectivity index (χ0n) is 25.6. The summed E-state index contributed by atoms with van der Waals surface area (Å²) < 4.78 is 11.9. The lowest BCUT2D eigenvalue weighted by Gasteiger charge is -2.37. The molecule has 0 fully saturated rings. The minimum atomic E-state index is -5.01. The van der Waals surface area contributed by atoms with E-state index in [2.05, 4.69) is 9.97 Å². The molecule has 4 rings (SSSR count). The number of H-pyrrole nitrogens is 2. The molecule has 3 N–H and O–H groups in total. The molecule has 2 aromatic carbocycles. The molecule has 16 nitrogen and oxygen atoms in total. The molecule has 0 amide bonds. The van der Waals surface area contributed by atoms with Crippen LogP contribution in [0.2, 0.25) is 0 Å². The van der Waals surface area contributed by atoms with Crippen molar-refractivity contribution in [3.05, 3.63) is 72.1 Å². The van der Waals surface area contributed by atoms with Crippen LogP contribution in [0.15, 0.2) is 60.9 Å². The number of nitrogens with zero attached hydrogens (tertiary/aromatic N) is 3. The van der Waals surface area contributed by atoms with Gasteiger partial charge in [0.15, 0.2) is 0 Å². The zero-order chi connectivity index (χ0) is 35.0. The number of aromatic amines is 2. The van der Waals surface area contributed by atoms with Crippen molar-refractivity contribution in [2.45, 2.75) is 32.4 Å². The topological polar surface area (TPSA) is 262 Å². The number of carbonyl (C=O) groups is 4. The van der Waals surface area contributed by atoms with Gasteiger partial charge in [-0.1, -0.05) is 43.8 Å². The Kier molecular flexibility index (Phi) is 13.6. The summed E-state index contributed by atoms with van der Waals surface area (Å²) in [6, 6.07) is 11.1. The lowest BCUT2D eigenvalue weighted by molar-refractivity contribution is -0.317. The number of carboxylic acid groups (broad SMARTS) is 4. The Morgan fingerprint density at radius 2 is 1.08 bits per heavy atom. The molecule has 2 aromatic heterocycles. The molecule has 0 saturated heterocycles. The number of rotatable bonds is 20. The summed E-state index contributed by atoms with van der Waals surface area (Å²) in [5, 5.41) is 49.2. The second-order valence-corrected chi connectivity index (χ2v) is 12.9. The molecular weight excluding hydrogens is 661 g/mol. The normalized spacial score (nSPS) is 14.1. The van der Waals surface area contributed by atoms with Crippen molar-refractivity contribution in [2.24, 2.45) is 0 Å². The van der Waals surface area contributed by atoms with Crippen LogP contribution in [0.25, 0.3) is 21.8 Å². The Hall–Kier alpha value is -4.57. The van der Waals surface area contributed by atoms with Gasteiger partial charge in [-0.25, -0.2) is 0 Å². The zero-order valence-corrected chi connectivity index (χ0v) is 26.5. The predicted molar refractivity (Wildman–Crippen MR) is 168 cm³/mol. The second kappa shape index (κ2) is 17.2. The molecule has 266 valence electrons. The van der Waals surface area contributed by atoms with E-state index in [4.69, 9.17) is 0 Å². The van der Waals surface area contributed by atoms with Gasteiger partial charge < -0.3 is 63.9 Å². The van der Waals surface area contributed by atoms with Gasteiger partial charge in [0.25, 0.3) is 0 Å². The highest BCUT2D eigenvalue weighted by Crippen LogP contribution is 2.30. The molecule has 1 unspecified atom stereocenters. The number of aromatic nitrogens is 2. The van der Waals surface area contributed by atoms with E-state index in [1.54, 1.807) is 60.9 Å². The number of para-hydroxylation sites is 2. The summed E-state index contributed by atoms with van der Waals surface area (Å²) in [6.45, 7) is -3.14. The molecule has 17 heteroatoms. The highest BCUT2D eigenvalue weighted by Gasteiger charge is 2.26. The van der Waals surface area contributed by atoms with Crippen molar-refractivity contribution in [2.75, 3.05) is 45.6 Å². The molecule has 0 spiro atoms. The fourth-order valence-electron chi connectivity index (χ4n) is 5.81. The molecule has 0 aliphatic heterocycles. The second-order valence-electron chi connectivity index (χ2n) is 11.4. The lowest BCUT2D eigenvalue weighted by atomic mass is 10.0. The Labute approximate surface area is 281 Å². The molecule has 0 radical (unpaired) electrons. The summed E-state index contributed by atoms with van der Waals surface area (Å²) >= 11 is 0. The summed E-state index contributed by atoms with van der Waals surface area (Å²) in [5.41, 5.74) is 2.55. The maximum absolute atomic E-state index is 12.3. The highest BCUT2D eigenvalue weighted by atomic mass is 31.2. The number of hydrogen-bond donors (Lipinski definition) is 3. The number of fused-ring (bicyclic) bond motifs is 2. The van der Waals surface area contributed by atoms with Crippen LogP contribution in [0.3, 0.4) is 0 Å². The van der Waals surface area contributed by atoms with Crippen LogP contribution in [0, 0.1) is 0 Å². The minimum absolute atomic E-state index is 0. The third-order valence-electron chi connectivity index (χ3n) is 8.05. The Morgan fingerprint density at radius 1 is 0.694 bits per heavy atom. The molecular formula is C32H37N5O11P-5. The maximum Gasteiger partial charge on any atom is 0.146 e. The molecule has 2 heterocycles. The van der Waals surface area contributed by atoms with Crippen LogP contribution in [-0.2, 0) is 36.6 Å². The van der Waals surface area contributed by atoms with Gasteiger partial charge in [0.1, 0.15) is 7.60 Å². The highest BCUT2D eigenvalue weighted by molar-refractivity contribution is 7.50. The van der Waals surface area contributed by atoms with Gasteiger partial charge in [-0.2, -0.15) is 0 Å². The van der Waals surface area contributed by atoms with Crippen LogP contribution in [0.5, 0.6) is 0 Å². The van der Waals surface area contributed by atoms with E-state index in [0.29, 0.717) is 21.9 Å². The molecule has 49 heavy (non-hydrogen) atoms. The summed E-state index contributed by atoms with van der Waals surface area (Å²) in [7, 11) is -5.01. The first-order chi connectivity index (χ1) is 22.7. The largest absolute Gasteiger partial charge is 0.778 e. The van der Waals surface area contributed by atoms with E-state index < -0.39 is 62.9 Å². The number of nitrogens with one attached hydrogen (secondary N) is 2. The van der Waals surface area contributed by atoms with Crippen molar-refractivity contribution in [1.29, 1.82) is 0 Å². The fraction of sp³-hybridized carbons (Fsp3) is 0.375. The first kappa shape index (κ1) is 38.9. The molecule has 4 aromatic rings. The maximum atomic E-state index is 12.3. The quantitative estimate of drug-likeness (QED) is 0.0749. The Bertz CT molecular complexity index is 1680. The van der Waals surface area contributed by atoms with Crippen LogP contribution in [-0.4, -0.2) is 111 Å². The smallest absolute Gasteiger partial charge is 0.146 e. The van der Waals surface area contributed by atoms with Crippen molar-refractivity contribution in [3.8, 4) is 0 Å². The summed E-state index contributed by atoms with van der Waals surface area (Å²) in [6.07, 6.45) is 1.82. The number of carbonyl (C=O) groups excluding carboxylic acids is 4. The third kappa shape index (κ3) is 11.0. The first-order valence-electron chi connectivity index (χ1n) is 14.9. The van der Waals surface area contributed by atoms with E-state index in [9.17, 15) is 54.0 Å². The first-order valence-corrected chi connectivity index (χ1v) is 16.6. The van der Waals surface area contributed by atoms with Crippen molar-refractivity contribution in [3.63, 3.8) is 0 Å². The van der Waals surface area contributed by atoms with Gasteiger partial charge in [-0.3, -0.25) is 14.7 Å². The SMILES string of the molecule is C.O=C([O-])CN(CCN(CCN(CC(=O)[O-])[C@@H](Cc1c[nH]c2ccccc12)C(=O)[O-])CP(=O)([O-])O)[C@@H](Cc1c[nH]c2ccccc12)C(=O)[O-]. The monoisotopic (exact) mass is 698 g/mol. The third-order valence-corrected chi connectivity index (χ3v) is 8.81. The Balaban J connectivity index is 0.00000650. The van der Waals surface area contributed by atoms with Crippen molar-refractivity contribution in [1.82, 2.24) is 24.7 Å². The van der Waals surface area contributed by atoms with Gasteiger partial charge in [0.05, 0.1) is 42.2 Å². The van der Waals surface area contributed by atoms with E-state index in [1.165, 1.54) is 0 Å². The molecule has 0 saturated carbocycles. The molecule has 3 atom stereocenters. The molecule has 0 bridgehead atoms. The van der Waals surface area contributed by atoms with Crippen LogP contribution >= 0.6 is 7.60 Å². The molecule has 0 aliphatic rings. The van der Waals surface area contributed by atoms with Gasteiger partial charge in [0.2, 0.25) is 0 Å².